The van der Waals surface area contributed by atoms with Gasteiger partial charge in [0.1, 0.15) is 5.15 Å². The standard InChI is InChI=1S/C9H11Cl3N2O2S/c1-6-5-7(11)13-9(12)8(6)14-17(15,16)4-2-3-10/h5,14H,2-4H2,1H3. The molecule has 0 saturated carbocycles. The molecule has 1 rings (SSSR count). The molecule has 0 bridgehead atoms. The Morgan fingerprint density at radius 2 is 2.06 bits per heavy atom. The Labute approximate surface area is 115 Å². The lowest BCUT2D eigenvalue weighted by atomic mass is 10.3. The molecule has 1 aromatic heterocycles. The van der Waals surface area contributed by atoms with Crippen LogP contribution in [0.2, 0.25) is 10.3 Å². The van der Waals surface area contributed by atoms with Gasteiger partial charge in [0, 0.05) is 5.88 Å². The quantitative estimate of drug-likeness (QED) is 0.670. The van der Waals surface area contributed by atoms with Crippen LogP contribution in [0.15, 0.2) is 6.07 Å². The maximum absolute atomic E-state index is 11.7. The zero-order chi connectivity index (χ0) is 13.1. The van der Waals surface area contributed by atoms with E-state index in [0.717, 1.165) is 0 Å². The van der Waals surface area contributed by atoms with Crippen molar-refractivity contribution in [3.05, 3.63) is 21.9 Å². The second-order valence-electron chi connectivity index (χ2n) is 3.39. The third-order valence-electron chi connectivity index (χ3n) is 1.95. The average molecular weight is 318 g/mol. The monoisotopic (exact) mass is 316 g/mol. The number of alkyl halides is 1. The summed E-state index contributed by atoms with van der Waals surface area (Å²) in [5.41, 5.74) is 0.870. The van der Waals surface area contributed by atoms with Crippen molar-refractivity contribution in [2.45, 2.75) is 13.3 Å². The van der Waals surface area contributed by atoms with Crippen LogP contribution in [-0.2, 0) is 10.0 Å². The minimum Gasteiger partial charge on any atom is -0.280 e. The van der Waals surface area contributed by atoms with E-state index in [1.165, 1.54) is 6.07 Å². The lowest BCUT2D eigenvalue weighted by Gasteiger charge is -2.11. The molecule has 1 heterocycles. The lowest BCUT2D eigenvalue weighted by molar-refractivity contribution is 0.600. The molecule has 1 aromatic rings. The molecule has 0 fully saturated rings. The average Bonchev–Trinajstić information content (AvgIpc) is 2.21. The normalized spacial score (nSPS) is 11.5. The Kier molecular flexibility index (Phi) is 5.31. The van der Waals surface area contributed by atoms with Gasteiger partial charge in [-0.05, 0) is 25.0 Å². The molecule has 17 heavy (non-hydrogen) atoms. The van der Waals surface area contributed by atoms with E-state index in [0.29, 0.717) is 12.0 Å². The first-order chi connectivity index (χ1) is 7.85. The highest BCUT2D eigenvalue weighted by Gasteiger charge is 2.15. The van der Waals surface area contributed by atoms with Crippen molar-refractivity contribution in [2.24, 2.45) is 0 Å². The molecule has 0 radical (unpaired) electrons. The van der Waals surface area contributed by atoms with Crippen molar-refractivity contribution < 1.29 is 8.42 Å². The van der Waals surface area contributed by atoms with E-state index in [-0.39, 0.29) is 27.6 Å². The maximum Gasteiger partial charge on any atom is 0.232 e. The van der Waals surface area contributed by atoms with E-state index in [1.54, 1.807) is 6.92 Å². The van der Waals surface area contributed by atoms with Gasteiger partial charge in [-0.2, -0.15) is 0 Å². The number of nitrogens with one attached hydrogen (secondary N) is 1. The van der Waals surface area contributed by atoms with E-state index >= 15 is 0 Å². The fourth-order valence-corrected chi connectivity index (χ4v) is 3.29. The molecule has 4 nitrogen and oxygen atoms in total. The summed E-state index contributed by atoms with van der Waals surface area (Å²) in [6, 6.07) is 1.53. The molecule has 96 valence electrons. The highest BCUT2D eigenvalue weighted by Crippen LogP contribution is 2.27. The van der Waals surface area contributed by atoms with Crippen LogP contribution in [-0.4, -0.2) is 25.0 Å². The molecule has 0 aliphatic heterocycles. The fraction of sp³-hybridized carbons (Fsp3) is 0.444. The fourth-order valence-electron chi connectivity index (χ4n) is 1.17. The van der Waals surface area contributed by atoms with Crippen LogP contribution in [0.3, 0.4) is 0 Å². The second kappa shape index (κ2) is 6.09. The summed E-state index contributed by atoms with van der Waals surface area (Å²) >= 11 is 17.0. The van der Waals surface area contributed by atoms with Crippen molar-refractivity contribution in [1.29, 1.82) is 0 Å². The number of aromatic nitrogens is 1. The number of pyridine rings is 1. The highest BCUT2D eigenvalue weighted by molar-refractivity contribution is 7.92. The zero-order valence-corrected chi connectivity index (χ0v) is 12.1. The number of hydrogen-bond acceptors (Lipinski definition) is 3. The third kappa shape index (κ3) is 4.50. The van der Waals surface area contributed by atoms with Gasteiger partial charge in [-0.25, -0.2) is 13.4 Å². The number of sulfonamides is 1. The van der Waals surface area contributed by atoms with Crippen molar-refractivity contribution in [3.8, 4) is 0 Å². The smallest absolute Gasteiger partial charge is 0.232 e. The molecule has 0 saturated heterocycles. The molecular weight excluding hydrogens is 307 g/mol. The SMILES string of the molecule is Cc1cc(Cl)nc(Cl)c1NS(=O)(=O)CCCCl. The number of rotatable bonds is 5. The topological polar surface area (TPSA) is 59.1 Å². The van der Waals surface area contributed by atoms with Gasteiger partial charge in [0.25, 0.3) is 0 Å². The van der Waals surface area contributed by atoms with Gasteiger partial charge in [0.2, 0.25) is 10.0 Å². The van der Waals surface area contributed by atoms with Gasteiger partial charge in [0.05, 0.1) is 11.4 Å². The molecule has 0 aromatic carbocycles. The number of hydrogen-bond donors (Lipinski definition) is 1. The summed E-state index contributed by atoms with van der Waals surface area (Å²) in [7, 11) is -3.46. The van der Waals surface area contributed by atoms with Crippen LogP contribution in [0.1, 0.15) is 12.0 Å². The van der Waals surface area contributed by atoms with Crippen molar-refractivity contribution in [1.82, 2.24) is 4.98 Å². The first kappa shape index (κ1) is 14.8. The Hall–Kier alpha value is -0.230. The summed E-state index contributed by atoms with van der Waals surface area (Å²) in [4.78, 5) is 3.78. The van der Waals surface area contributed by atoms with Gasteiger partial charge in [0.15, 0.2) is 5.15 Å². The van der Waals surface area contributed by atoms with Crippen molar-refractivity contribution >= 4 is 50.5 Å². The van der Waals surface area contributed by atoms with Crippen LogP contribution >= 0.6 is 34.8 Å². The lowest BCUT2D eigenvalue weighted by Crippen LogP contribution is -2.18. The Bertz CT molecular complexity index is 482. The summed E-state index contributed by atoms with van der Waals surface area (Å²) < 4.78 is 25.7. The minimum absolute atomic E-state index is 0.0319. The molecule has 1 N–H and O–H groups in total. The largest absolute Gasteiger partial charge is 0.280 e. The van der Waals surface area contributed by atoms with E-state index in [9.17, 15) is 8.42 Å². The van der Waals surface area contributed by atoms with Gasteiger partial charge < -0.3 is 0 Å². The van der Waals surface area contributed by atoms with Crippen molar-refractivity contribution in [3.63, 3.8) is 0 Å². The van der Waals surface area contributed by atoms with Crippen LogP contribution in [0, 0.1) is 6.92 Å². The van der Waals surface area contributed by atoms with E-state index < -0.39 is 10.0 Å². The Balaban J connectivity index is 2.96. The first-order valence-corrected chi connectivity index (χ1v) is 7.69. The van der Waals surface area contributed by atoms with Gasteiger partial charge in [-0.1, -0.05) is 23.2 Å². The Morgan fingerprint density at radius 1 is 1.41 bits per heavy atom. The molecule has 0 aliphatic carbocycles. The Morgan fingerprint density at radius 3 is 2.59 bits per heavy atom. The van der Waals surface area contributed by atoms with Crippen molar-refractivity contribution in [2.75, 3.05) is 16.4 Å². The van der Waals surface area contributed by atoms with Crippen LogP contribution in [0.25, 0.3) is 0 Å². The highest BCUT2D eigenvalue weighted by atomic mass is 35.5. The molecule has 0 amide bonds. The second-order valence-corrected chi connectivity index (χ2v) is 6.36. The summed E-state index contributed by atoms with van der Waals surface area (Å²) in [5.74, 6) is 0.224. The number of nitrogens with zero attached hydrogens (tertiary/aromatic N) is 1. The summed E-state index contributed by atoms with van der Waals surface area (Å²) in [6.07, 6.45) is 0.370. The van der Waals surface area contributed by atoms with E-state index in [2.05, 4.69) is 9.71 Å². The maximum atomic E-state index is 11.7. The molecule has 0 aliphatic rings. The minimum atomic E-state index is -3.46. The van der Waals surface area contributed by atoms with Gasteiger partial charge >= 0.3 is 0 Å². The van der Waals surface area contributed by atoms with Crippen LogP contribution in [0.4, 0.5) is 5.69 Å². The molecule has 0 spiro atoms. The van der Waals surface area contributed by atoms with Crippen LogP contribution in [0.5, 0.6) is 0 Å². The zero-order valence-electron chi connectivity index (χ0n) is 9.00. The summed E-state index contributed by atoms with van der Waals surface area (Å²) in [6.45, 7) is 1.69. The predicted molar refractivity (Wildman–Crippen MR) is 71.7 cm³/mol. The third-order valence-corrected chi connectivity index (χ3v) is 4.02. The van der Waals surface area contributed by atoms with Crippen LogP contribution < -0.4 is 4.72 Å². The molecule has 8 heteroatoms. The first-order valence-electron chi connectivity index (χ1n) is 4.75. The molecule has 0 atom stereocenters. The number of halogens is 3. The van der Waals surface area contributed by atoms with Gasteiger partial charge in [-0.3, -0.25) is 4.72 Å². The molecular formula is C9H11Cl3N2O2S. The van der Waals surface area contributed by atoms with E-state index in [4.69, 9.17) is 34.8 Å². The van der Waals surface area contributed by atoms with E-state index in [1.807, 2.05) is 0 Å². The number of aryl methyl sites for hydroxylation is 1. The predicted octanol–water partition coefficient (Wildman–Crippen LogP) is 3.07. The summed E-state index contributed by atoms with van der Waals surface area (Å²) in [5, 5.41) is 0.251. The molecule has 0 unspecified atom stereocenters. The number of anilines is 1. The van der Waals surface area contributed by atoms with Gasteiger partial charge in [-0.15, -0.1) is 11.6 Å².